The largest absolute Gasteiger partial charge is 0.478 e. The Morgan fingerprint density at radius 3 is 2.88 bits per heavy atom. The second kappa shape index (κ2) is 4.63. The first-order valence-corrected chi connectivity index (χ1v) is 5.32. The minimum Gasteiger partial charge on any atom is -0.478 e. The number of carboxylic acid groups (broad SMARTS) is 1. The van der Waals surface area contributed by atoms with Crippen LogP contribution in [0.3, 0.4) is 0 Å². The first kappa shape index (κ1) is 11.7. The number of carboxylic acids is 1. The lowest BCUT2D eigenvalue weighted by Crippen LogP contribution is -2.23. The molecule has 0 bridgehead atoms. The first-order chi connectivity index (χ1) is 8.09. The predicted octanol–water partition coefficient (Wildman–Crippen LogP) is 1.73. The third-order valence-electron chi connectivity index (χ3n) is 2.34. The van der Waals surface area contributed by atoms with Crippen molar-refractivity contribution in [1.82, 2.24) is 0 Å². The molecule has 6 heteroatoms. The number of halogens is 1. The van der Waals surface area contributed by atoms with Gasteiger partial charge in [0, 0.05) is 6.42 Å². The highest BCUT2D eigenvalue weighted by atomic mass is 35.5. The van der Waals surface area contributed by atoms with Gasteiger partial charge in [-0.3, -0.25) is 0 Å². The average Bonchev–Trinajstić information content (AvgIpc) is 2.67. The van der Waals surface area contributed by atoms with Gasteiger partial charge >= 0.3 is 11.9 Å². The molecule has 1 fully saturated rings. The third kappa shape index (κ3) is 2.34. The number of ether oxygens (including phenoxy) is 2. The van der Waals surface area contributed by atoms with Crippen LogP contribution in [0.4, 0.5) is 0 Å². The van der Waals surface area contributed by atoms with Gasteiger partial charge in [0.25, 0.3) is 0 Å². The van der Waals surface area contributed by atoms with Crippen molar-refractivity contribution in [1.29, 1.82) is 0 Å². The molecule has 1 heterocycles. The molecule has 1 aromatic carbocycles. The van der Waals surface area contributed by atoms with Gasteiger partial charge in [0.2, 0.25) is 0 Å². The lowest BCUT2D eigenvalue weighted by atomic mass is 10.2. The summed E-state index contributed by atoms with van der Waals surface area (Å²) in [6.07, 6.45) is -0.392. The highest BCUT2D eigenvalue weighted by molar-refractivity contribution is 6.32. The molecule has 0 amide bonds. The number of carbonyl (C=O) groups is 2. The van der Waals surface area contributed by atoms with Crippen LogP contribution in [0.2, 0.25) is 5.02 Å². The number of hydrogen-bond donors (Lipinski definition) is 1. The van der Waals surface area contributed by atoms with Crippen LogP contribution < -0.4 is 4.74 Å². The Kier molecular flexibility index (Phi) is 3.19. The minimum absolute atomic E-state index is 0.00511. The lowest BCUT2D eigenvalue weighted by Gasteiger charge is -2.13. The molecule has 1 atom stereocenters. The molecule has 1 saturated heterocycles. The van der Waals surface area contributed by atoms with Gasteiger partial charge in [-0.2, -0.15) is 0 Å². The molecule has 1 unspecified atom stereocenters. The molecule has 1 aliphatic heterocycles. The molecule has 1 aliphatic rings. The molecule has 0 saturated carbocycles. The van der Waals surface area contributed by atoms with E-state index >= 15 is 0 Å². The van der Waals surface area contributed by atoms with E-state index in [9.17, 15) is 9.59 Å². The summed E-state index contributed by atoms with van der Waals surface area (Å²) in [6.45, 7) is 0.274. The fourth-order valence-electron chi connectivity index (χ4n) is 1.52. The van der Waals surface area contributed by atoms with Crippen molar-refractivity contribution in [3.8, 4) is 5.75 Å². The lowest BCUT2D eigenvalue weighted by molar-refractivity contribution is -0.143. The zero-order chi connectivity index (χ0) is 12.4. The van der Waals surface area contributed by atoms with Gasteiger partial charge in [0.05, 0.1) is 11.6 Å². The van der Waals surface area contributed by atoms with Crippen LogP contribution in [-0.4, -0.2) is 29.8 Å². The summed E-state index contributed by atoms with van der Waals surface area (Å²) in [5, 5.41) is 9.13. The van der Waals surface area contributed by atoms with Crippen LogP contribution in [0, 0.1) is 0 Å². The van der Waals surface area contributed by atoms with E-state index in [-0.39, 0.29) is 22.9 Å². The van der Waals surface area contributed by atoms with E-state index in [0.717, 1.165) is 0 Å². The van der Waals surface area contributed by atoms with Gasteiger partial charge in [-0.1, -0.05) is 17.7 Å². The zero-order valence-corrected chi connectivity index (χ0v) is 9.44. The quantitative estimate of drug-likeness (QED) is 0.834. The van der Waals surface area contributed by atoms with E-state index in [0.29, 0.717) is 6.42 Å². The Bertz CT molecular complexity index is 471. The number of aromatic carboxylic acids is 1. The van der Waals surface area contributed by atoms with Crippen LogP contribution in [0.25, 0.3) is 0 Å². The van der Waals surface area contributed by atoms with Gasteiger partial charge in [0.1, 0.15) is 5.56 Å². The van der Waals surface area contributed by atoms with Gasteiger partial charge in [-0.05, 0) is 12.1 Å². The number of esters is 1. The van der Waals surface area contributed by atoms with Crippen molar-refractivity contribution in [3.05, 3.63) is 28.8 Å². The van der Waals surface area contributed by atoms with E-state index in [1.54, 1.807) is 0 Å². The predicted molar refractivity (Wildman–Crippen MR) is 58.4 cm³/mol. The molecule has 5 nitrogen and oxygen atoms in total. The molecule has 1 aromatic rings. The van der Waals surface area contributed by atoms with Gasteiger partial charge in [0.15, 0.2) is 11.9 Å². The van der Waals surface area contributed by atoms with Crippen LogP contribution in [0.1, 0.15) is 16.8 Å². The number of benzene rings is 1. The molecule has 0 radical (unpaired) electrons. The molecule has 0 spiro atoms. The fraction of sp³-hybridized carbons (Fsp3) is 0.273. The zero-order valence-electron chi connectivity index (χ0n) is 8.68. The maximum atomic E-state index is 11.2. The van der Waals surface area contributed by atoms with E-state index in [4.69, 9.17) is 26.2 Å². The molecule has 0 aromatic heterocycles. The van der Waals surface area contributed by atoms with Crippen LogP contribution in [-0.2, 0) is 9.53 Å². The highest BCUT2D eigenvalue weighted by Gasteiger charge is 2.30. The van der Waals surface area contributed by atoms with Crippen LogP contribution >= 0.6 is 11.6 Å². The maximum absolute atomic E-state index is 11.2. The highest BCUT2D eigenvalue weighted by Crippen LogP contribution is 2.31. The Balaban J connectivity index is 2.31. The second-order valence-electron chi connectivity index (χ2n) is 3.48. The van der Waals surface area contributed by atoms with Crippen molar-refractivity contribution in [2.45, 2.75) is 12.5 Å². The Morgan fingerprint density at radius 1 is 1.53 bits per heavy atom. The maximum Gasteiger partial charge on any atom is 0.347 e. The summed E-state index contributed by atoms with van der Waals surface area (Å²) < 4.78 is 10.0. The smallest absolute Gasteiger partial charge is 0.347 e. The summed E-state index contributed by atoms with van der Waals surface area (Å²) in [6, 6.07) is 4.37. The topological polar surface area (TPSA) is 72.8 Å². The second-order valence-corrected chi connectivity index (χ2v) is 3.89. The van der Waals surface area contributed by atoms with Crippen molar-refractivity contribution < 1.29 is 24.2 Å². The van der Waals surface area contributed by atoms with Crippen LogP contribution in [0.5, 0.6) is 5.75 Å². The SMILES string of the molecule is O=C(O)c1cccc(Cl)c1OC1CCOC1=O. The van der Waals surface area contributed by atoms with Crippen molar-refractivity contribution >= 4 is 23.5 Å². The molecule has 2 rings (SSSR count). The number of para-hydroxylation sites is 1. The van der Waals surface area contributed by atoms with Gasteiger partial charge in [-0.15, -0.1) is 0 Å². The average molecular weight is 257 g/mol. The minimum atomic E-state index is -1.16. The fourth-order valence-corrected chi connectivity index (χ4v) is 1.74. The molecular weight excluding hydrogens is 248 g/mol. The summed E-state index contributed by atoms with van der Waals surface area (Å²) in [5.41, 5.74) is -0.0720. The van der Waals surface area contributed by atoms with Crippen LogP contribution in [0.15, 0.2) is 18.2 Å². The van der Waals surface area contributed by atoms with Gasteiger partial charge < -0.3 is 14.6 Å². The van der Waals surface area contributed by atoms with E-state index < -0.39 is 18.0 Å². The summed E-state index contributed by atoms with van der Waals surface area (Å²) in [4.78, 5) is 22.2. The van der Waals surface area contributed by atoms with Crippen molar-refractivity contribution in [2.24, 2.45) is 0 Å². The molecule has 17 heavy (non-hydrogen) atoms. The monoisotopic (exact) mass is 256 g/mol. The number of hydrogen-bond acceptors (Lipinski definition) is 4. The number of cyclic esters (lactones) is 1. The summed E-state index contributed by atoms with van der Waals surface area (Å²) in [5.74, 6) is -1.65. The number of carbonyl (C=O) groups excluding carboxylic acids is 1. The summed E-state index contributed by atoms with van der Waals surface area (Å²) in [7, 11) is 0. The molecular formula is C11H9ClO5. The Labute approximate surface area is 102 Å². The van der Waals surface area contributed by atoms with E-state index in [1.165, 1.54) is 18.2 Å². The van der Waals surface area contributed by atoms with E-state index in [2.05, 4.69) is 0 Å². The van der Waals surface area contributed by atoms with Crippen molar-refractivity contribution in [3.63, 3.8) is 0 Å². The van der Waals surface area contributed by atoms with Gasteiger partial charge in [-0.25, -0.2) is 9.59 Å². The molecule has 90 valence electrons. The molecule has 0 aliphatic carbocycles. The Morgan fingerprint density at radius 2 is 2.29 bits per heavy atom. The number of rotatable bonds is 3. The van der Waals surface area contributed by atoms with E-state index in [1.807, 2.05) is 0 Å². The normalized spacial score (nSPS) is 18.9. The summed E-state index contributed by atoms with van der Waals surface area (Å²) >= 11 is 5.86. The molecule has 1 N–H and O–H groups in total. The van der Waals surface area contributed by atoms with Crippen molar-refractivity contribution in [2.75, 3.05) is 6.61 Å². The first-order valence-electron chi connectivity index (χ1n) is 4.94. The third-order valence-corrected chi connectivity index (χ3v) is 2.64. The Hall–Kier alpha value is -1.75. The standard InChI is InChI=1S/C11H9ClO5/c12-7-3-1-2-6(10(13)14)9(7)17-8-4-5-16-11(8)15/h1-3,8H,4-5H2,(H,13,14).